The Labute approximate surface area is 127 Å². The van der Waals surface area contributed by atoms with Gasteiger partial charge in [-0.15, -0.1) is 12.4 Å². The summed E-state index contributed by atoms with van der Waals surface area (Å²) in [7, 11) is 0. The van der Waals surface area contributed by atoms with E-state index in [0.717, 1.165) is 12.1 Å². The van der Waals surface area contributed by atoms with E-state index in [0.29, 0.717) is 0 Å². The van der Waals surface area contributed by atoms with E-state index in [1.807, 2.05) is 30.3 Å². The van der Waals surface area contributed by atoms with Gasteiger partial charge in [-0.05, 0) is 30.7 Å². The molecule has 0 spiro atoms. The van der Waals surface area contributed by atoms with Gasteiger partial charge in [0.05, 0.1) is 0 Å². The van der Waals surface area contributed by atoms with E-state index in [4.69, 9.17) is 5.73 Å². The Balaban J connectivity index is 0.00000200. The van der Waals surface area contributed by atoms with E-state index >= 15 is 0 Å². The van der Waals surface area contributed by atoms with Crippen molar-refractivity contribution in [3.63, 3.8) is 0 Å². The van der Waals surface area contributed by atoms with Crippen LogP contribution >= 0.6 is 12.4 Å². The van der Waals surface area contributed by atoms with Crippen LogP contribution in [-0.4, -0.2) is 12.5 Å². The molecular formula is C16H25ClN2O. The molecule has 1 aromatic carbocycles. The number of amides is 1. The Morgan fingerprint density at radius 3 is 2.40 bits per heavy atom. The zero-order chi connectivity index (χ0) is 13.9. The third-order valence-electron chi connectivity index (χ3n) is 4.33. The van der Waals surface area contributed by atoms with Crippen LogP contribution in [0.1, 0.15) is 45.1 Å². The van der Waals surface area contributed by atoms with Gasteiger partial charge < -0.3 is 11.1 Å². The second kappa shape index (κ2) is 6.59. The predicted molar refractivity (Wildman–Crippen MR) is 84.8 cm³/mol. The highest BCUT2D eigenvalue weighted by molar-refractivity contribution is 5.87. The molecule has 1 unspecified atom stereocenters. The maximum atomic E-state index is 12.3. The molecule has 1 aliphatic carbocycles. The second-order valence-electron chi connectivity index (χ2n) is 6.27. The molecular weight excluding hydrogens is 272 g/mol. The summed E-state index contributed by atoms with van der Waals surface area (Å²) in [6.45, 7) is 4.75. The normalized spacial score (nSPS) is 19.8. The van der Waals surface area contributed by atoms with Crippen molar-refractivity contribution < 1.29 is 4.79 Å². The molecule has 1 atom stereocenters. The molecule has 1 amide bonds. The molecule has 3 nitrogen and oxygen atoms in total. The topological polar surface area (TPSA) is 55.1 Å². The Morgan fingerprint density at radius 1 is 1.30 bits per heavy atom. The van der Waals surface area contributed by atoms with E-state index in [-0.39, 0.29) is 23.7 Å². The van der Waals surface area contributed by atoms with Crippen molar-refractivity contribution in [3.8, 4) is 0 Å². The Hall–Kier alpha value is -1.06. The molecule has 3 N–H and O–H groups in total. The number of carbonyl (C=O) groups excluding carboxylic acids is 1. The van der Waals surface area contributed by atoms with Crippen LogP contribution in [0.5, 0.6) is 0 Å². The van der Waals surface area contributed by atoms with Crippen LogP contribution in [-0.2, 0) is 10.3 Å². The number of carbonyl (C=O) groups is 1. The molecule has 0 aliphatic heterocycles. The Morgan fingerprint density at radius 2 is 1.85 bits per heavy atom. The zero-order valence-corrected chi connectivity index (χ0v) is 13.1. The second-order valence-corrected chi connectivity index (χ2v) is 6.27. The molecule has 4 heteroatoms. The van der Waals surface area contributed by atoms with Gasteiger partial charge in [-0.3, -0.25) is 4.79 Å². The van der Waals surface area contributed by atoms with Crippen LogP contribution in [0.2, 0.25) is 0 Å². The largest absolute Gasteiger partial charge is 0.354 e. The van der Waals surface area contributed by atoms with Gasteiger partial charge in [0.1, 0.15) is 5.54 Å². The van der Waals surface area contributed by atoms with E-state index < -0.39 is 5.54 Å². The molecule has 1 aliphatic rings. The maximum Gasteiger partial charge on any atom is 0.244 e. The van der Waals surface area contributed by atoms with Gasteiger partial charge in [0, 0.05) is 6.54 Å². The summed E-state index contributed by atoms with van der Waals surface area (Å²) in [6.07, 6.45) is 4.93. The average Bonchev–Trinajstić information content (AvgIpc) is 2.84. The first-order valence-corrected chi connectivity index (χ1v) is 7.07. The van der Waals surface area contributed by atoms with Crippen LogP contribution in [0.4, 0.5) is 0 Å². The summed E-state index contributed by atoms with van der Waals surface area (Å²) in [5.41, 5.74) is 6.34. The van der Waals surface area contributed by atoms with Crippen molar-refractivity contribution in [3.05, 3.63) is 35.9 Å². The van der Waals surface area contributed by atoms with Gasteiger partial charge >= 0.3 is 0 Å². The molecule has 112 valence electrons. The van der Waals surface area contributed by atoms with E-state index in [1.54, 1.807) is 6.92 Å². The maximum absolute atomic E-state index is 12.3. The van der Waals surface area contributed by atoms with Gasteiger partial charge in [0.25, 0.3) is 0 Å². The molecule has 1 fully saturated rings. The lowest BCUT2D eigenvalue weighted by Gasteiger charge is -2.28. The molecule has 0 radical (unpaired) electrons. The lowest BCUT2D eigenvalue weighted by atomic mass is 9.87. The summed E-state index contributed by atoms with van der Waals surface area (Å²) >= 11 is 0. The number of rotatable bonds is 4. The number of halogens is 1. The zero-order valence-electron chi connectivity index (χ0n) is 12.3. The van der Waals surface area contributed by atoms with Crippen LogP contribution in [0, 0.1) is 5.41 Å². The minimum atomic E-state index is -0.962. The number of nitrogens with two attached hydrogens (primary N) is 1. The molecule has 0 bridgehead atoms. The Bertz CT molecular complexity index is 439. The highest BCUT2D eigenvalue weighted by Crippen LogP contribution is 2.36. The van der Waals surface area contributed by atoms with Crippen LogP contribution in [0.25, 0.3) is 0 Å². The lowest BCUT2D eigenvalue weighted by molar-refractivity contribution is -0.126. The van der Waals surface area contributed by atoms with Gasteiger partial charge in [0.15, 0.2) is 0 Å². The number of nitrogens with one attached hydrogen (secondary N) is 1. The van der Waals surface area contributed by atoms with Gasteiger partial charge in [-0.25, -0.2) is 0 Å². The van der Waals surface area contributed by atoms with Crippen molar-refractivity contribution in [2.45, 2.75) is 45.1 Å². The lowest BCUT2D eigenvalue weighted by Crippen LogP contribution is -2.50. The SMILES string of the molecule is CC1(CNC(=O)C(C)(N)c2ccccc2)CCCC1.Cl. The van der Waals surface area contributed by atoms with Crippen molar-refractivity contribution in [2.24, 2.45) is 11.1 Å². The van der Waals surface area contributed by atoms with Gasteiger partial charge in [0.2, 0.25) is 5.91 Å². The van der Waals surface area contributed by atoms with Crippen LogP contribution in [0.15, 0.2) is 30.3 Å². The smallest absolute Gasteiger partial charge is 0.244 e. The van der Waals surface area contributed by atoms with Crippen molar-refractivity contribution in [2.75, 3.05) is 6.54 Å². The molecule has 20 heavy (non-hydrogen) atoms. The summed E-state index contributed by atoms with van der Waals surface area (Å²) in [5.74, 6) is -0.0909. The first kappa shape index (κ1) is 17.0. The van der Waals surface area contributed by atoms with E-state index in [1.165, 1.54) is 25.7 Å². The van der Waals surface area contributed by atoms with Gasteiger partial charge in [-0.1, -0.05) is 50.1 Å². The quantitative estimate of drug-likeness (QED) is 0.897. The monoisotopic (exact) mass is 296 g/mol. The number of hydrogen-bond acceptors (Lipinski definition) is 2. The van der Waals surface area contributed by atoms with Crippen LogP contribution in [0.3, 0.4) is 0 Å². The molecule has 2 rings (SSSR count). The standard InChI is InChI=1S/C16H24N2O.ClH/c1-15(10-6-7-11-15)12-18-14(19)16(2,17)13-8-4-3-5-9-13;/h3-5,8-9H,6-7,10-12,17H2,1-2H3,(H,18,19);1H. The third-order valence-corrected chi connectivity index (χ3v) is 4.33. The summed E-state index contributed by atoms with van der Waals surface area (Å²) in [6, 6.07) is 9.54. The first-order valence-electron chi connectivity index (χ1n) is 7.07. The average molecular weight is 297 g/mol. The minimum Gasteiger partial charge on any atom is -0.354 e. The molecule has 0 aromatic heterocycles. The fourth-order valence-electron chi connectivity index (χ4n) is 2.80. The minimum absolute atomic E-state index is 0. The van der Waals surface area contributed by atoms with E-state index in [2.05, 4.69) is 12.2 Å². The highest BCUT2D eigenvalue weighted by Gasteiger charge is 2.34. The number of hydrogen-bond donors (Lipinski definition) is 2. The third kappa shape index (κ3) is 3.74. The molecule has 0 heterocycles. The summed E-state index contributed by atoms with van der Waals surface area (Å²) < 4.78 is 0. The van der Waals surface area contributed by atoms with E-state index in [9.17, 15) is 4.79 Å². The number of benzene rings is 1. The van der Waals surface area contributed by atoms with Crippen molar-refractivity contribution in [1.29, 1.82) is 0 Å². The fraction of sp³-hybridized carbons (Fsp3) is 0.562. The van der Waals surface area contributed by atoms with Crippen molar-refractivity contribution >= 4 is 18.3 Å². The fourth-order valence-corrected chi connectivity index (χ4v) is 2.80. The molecule has 1 aromatic rings. The van der Waals surface area contributed by atoms with Crippen LogP contribution < -0.4 is 11.1 Å². The van der Waals surface area contributed by atoms with Crippen molar-refractivity contribution in [1.82, 2.24) is 5.32 Å². The molecule has 0 saturated heterocycles. The molecule has 1 saturated carbocycles. The van der Waals surface area contributed by atoms with Gasteiger partial charge in [-0.2, -0.15) is 0 Å². The summed E-state index contributed by atoms with van der Waals surface area (Å²) in [5, 5.41) is 3.04. The Kier molecular flexibility index (Phi) is 5.60. The first-order chi connectivity index (χ1) is 8.94. The predicted octanol–water partition coefficient (Wildman–Crippen LogP) is 2.98. The summed E-state index contributed by atoms with van der Waals surface area (Å²) in [4.78, 5) is 12.3. The highest BCUT2D eigenvalue weighted by atomic mass is 35.5.